The molecule has 0 amide bonds. The molecule has 0 bridgehead atoms. The first-order valence-corrected chi connectivity index (χ1v) is 2.73. The van der Waals surface area contributed by atoms with Crippen molar-refractivity contribution in [2.75, 3.05) is 0 Å². The van der Waals surface area contributed by atoms with E-state index in [9.17, 15) is 4.79 Å². The summed E-state index contributed by atoms with van der Waals surface area (Å²) >= 11 is 0. The van der Waals surface area contributed by atoms with Crippen molar-refractivity contribution in [2.24, 2.45) is 0 Å². The molecule has 9 heavy (non-hydrogen) atoms. The van der Waals surface area contributed by atoms with Crippen molar-refractivity contribution in [3.8, 4) is 0 Å². The molecule has 0 saturated heterocycles. The first-order valence-electron chi connectivity index (χ1n) is 2.73. The Labute approximate surface area is 52.8 Å². The first-order chi connectivity index (χ1) is 4.20. The van der Waals surface area contributed by atoms with Crippen molar-refractivity contribution in [2.45, 2.75) is 13.8 Å². The van der Waals surface area contributed by atoms with Crippen LogP contribution < -0.4 is 5.56 Å². The minimum atomic E-state index is -0.147. The molecule has 0 aliphatic heterocycles. The van der Waals surface area contributed by atoms with Crippen LogP contribution in [-0.2, 0) is 0 Å². The van der Waals surface area contributed by atoms with Crippen LogP contribution in [0.1, 0.15) is 11.4 Å². The van der Waals surface area contributed by atoms with Gasteiger partial charge in [0.15, 0.2) is 0 Å². The summed E-state index contributed by atoms with van der Waals surface area (Å²) in [6.45, 7) is 3.48. The third-order valence-electron chi connectivity index (χ3n) is 1.10. The summed E-state index contributed by atoms with van der Waals surface area (Å²) in [6.07, 6.45) is 1.66. The number of nitrogens with zero attached hydrogens (tertiary/aromatic N) is 1. The highest BCUT2D eigenvalue weighted by molar-refractivity contribution is 5.01. The number of aromatic amines is 1. The fraction of sp³-hybridized carbons (Fsp3) is 0.333. The lowest BCUT2D eigenvalue weighted by Crippen LogP contribution is -2.11. The Hall–Kier alpha value is -1.12. The molecule has 1 heterocycles. The lowest BCUT2D eigenvalue weighted by Gasteiger charge is -1.90. The van der Waals surface area contributed by atoms with E-state index < -0.39 is 0 Å². The van der Waals surface area contributed by atoms with Crippen LogP contribution in [0.15, 0.2) is 11.0 Å². The van der Waals surface area contributed by atoms with Crippen molar-refractivity contribution in [3.05, 3.63) is 27.9 Å². The SMILES string of the molecule is Cc1nc(=O)c(C)c[nH]1. The molecule has 48 valence electrons. The van der Waals surface area contributed by atoms with Gasteiger partial charge in [-0.3, -0.25) is 4.79 Å². The third-order valence-corrected chi connectivity index (χ3v) is 1.10. The molecule has 0 unspecified atom stereocenters. The summed E-state index contributed by atoms with van der Waals surface area (Å²) in [6, 6.07) is 0. The molecule has 0 aliphatic rings. The molecule has 0 radical (unpaired) electrons. The van der Waals surface area contributed by atoms with E-state index in [0.29, 0.717) is 11.4 Å². The third kappa shape index (κ3) is 1.16. The summed E-state index contributed by atoms with van der Waals surface area (Å²) in [5, 5.41) is 0. The molecule has 3 nitrogen and oxygen atoms in total. The number of aryl methyl sites for hydroxylation is 2. The summed E-state index contributed by atoms with van der Waals surface area (Å²) in [5.74, 6) is 0.658. The smallest absolute Gasteiger partial charge is 0.275 e. The van der Waals surface area contributed by atoms with Crippen molar-refractivity contribution in [1.29, 1.82) is 0 Å². The fourth-order valence-electron chi connectivity index (χ4n) is 0.547. The summed E-state index contributed by atoms with van der Waals surface area (Å²) in [5.41, 5.74) is 0.506. The van der Waals surface area contributed by atoms with Crippen molar-refractivity contribution in [1.82, 2.24) is 9.97 Å². The minimum absolute atomic E-state index is 0.147. The van der Waals surface area contributed by atoms with Crippen LogP contribution in [0.2, 0.25) is 0 Å². The Morgan fingerprint density at radius 3 is 2.67 bits per heavy atom. The fourth-order valence-corrected chi connectivity index (χ4v) is 0.547. The van der Waals surface area contributed by atoms with Gasteiger partial charge in [-0.25, -0.2) is 0 Å². The van der Waals surface area contributed by atoms with Crippen molar-refractivity contribution >= 4 is 0 Å². The summed E-state index contributed by atoms with van der Waals surface area (Å²) in [7, 11) is 0. The Kier molecular flexibility index (Phi) is 1.34. The van der Waals surface area contributed by atoms with Crippen LogP contribution in [0.3, 0.4) is 0 Å². The first kappa shape index (κ1) is 6.01. The van der Waals surface area contributed by atoms with Gasteiger partial charge >= 0.3 is 0 Å². The molecule has 1 N–H and O–H groups in total. The van der Waals surface area contributed by atoms with Gasteiger partial charge in [0.1, 0.15) is 5.82 Å². The molecule has 0 aromatic carbocycles. The van der Waals surface area contributed by atoms with Crippen molar-refractivity contribution < 1.29 is 0 Å². The number of nitrogens with one attached hydrogen (secondary N) is 1. The number of hydrogen-bond acceptors (Lipinski definition) is 2. The quantitative estimate of drug-likeness (QED) is 0.543. The van der Waals surface area contributed by atoms with Gasteiger partial charge in [-0.05, 0) is 13.8 Å². The van der Waals surface area contributed by atoms with Crippen LogP contribution in [0.4, 0.5) is 0 Å². The monoisotopic (exact) mass is 124 g/mol. The topological polar surface area (TPSA) is 45.8 Å². The van der Waals surface area contributed by atoms with Gasteiger partial charge in [0.25, 0.3) is 5.56 Å². The van der Waals surface area contributed by atoms with Gasteiger partial charge in [-0.15, -0.1) is 0 Å². The molecule has 0 atom stereocenters. The predicted molar refractivity (Wildman–Crippen MR) is 34.3 cm³/mol. The minimum Gasteiger partial charge on any atom is -0.350 e. The summed E-state index contributed by atoms with van der Waals surface area (Å²) < 4.78 is 0. The van der Waals surface area contributed by atoms with Crippen molar-refractivity contribution in [3.63, 3.8) is 0 Å². The molecule has 1 rings (SSSR count). The van der Waals surface area contributed by atoms with E-state index in [4.69, 9.17) is 0 Å². The highest BCUT2D eigenvalue weighted by atomic mass is 16.1. The number of aromatic nitrogens is 2. The zero-order valence-corrected chi connectivity index (χ0v) is 5.43. The van der Waals surface area contributed by atoms with E-state index >= 15 is 0 Å². The van der Waals surface area contributed by atoms with Crippen LogP contribution in [0.25, 0.3) is 0 Å². The van der Waals surface area contributed by atoms with Gasteiger partial charge in [-0.1, -0.05) is 0 Å². The normalized spacial score (nSPS) is 9.56. The summed E-state index contributed by atoms with van der Waals surface area (Å²) in [4.78, 5) is 17.2. The molecule has 0 fully saturated rings. The van der Waals surface area contributed by atoms with E-state index in [-0.39, 0.29) is 5.56 Å². The molecule has 1 aromatic heterocycles. The highest BCUT2D eigenvalue weighted by Crippen LogP contribution is 1.82. The Balaban J connectivity index is 3.34. The molecular weight excluding hydrogens is 116 g/mol. The zero-order chi connectivity index (χ0) is 6.85. The molecular formula is C6H8N2O. The lowest BCUT2D eigenvalue weighted by molar-refractivity contribution is 0.993. The number of rotatable bonds is 0. The zero-order valence-electron chi connectivity index (χ0n) is 5.43. The molecule has 1 aromatic rings. The average molecular weight is 124 g/mol. The van der Waals surface area contributed by atoms with E-state index in [1.165, 1.54) is 0 Å². The van der Waals surface area contributed by atoms with Crippen LogP contribution in [-0.4, -0.2) is 9.97 Å². The molecule has 0 aliphatic carbocycles. The Morgan fingerprint density at radius 2 is 2.22 bits per heavy atom. The predicted octanol–water partition coefficient (Wildman–Crippen LogP) is 0.387. The average Bonchev–Trinajstić information content (AvgIpc) is 1.80. The van der Waals surface area contributed by atoms with Gasteiger partial charge < -0.3 is 4.98 Å². The van der Waals surface area contributed by atoms with Gasteiger partial charge in [0.2, 0.25) is 0 Å². The molecule has 0 spiro atoms. The largest absolute Gasteiger partial charge is 0.350 e. The van der Waals surface area contributed by atoms with E-state index in [0.717, 1.165) is 0 Å². The van der Waals surface area contributed by atoms with E-state index in [1.54, 1.807) is 20.0 Å². The maximum atomic E-state index is 10.7. The van der Waals surface area contributed by atoms with E-state index in [2.05, 4.69) is 9.97 Å². The van der Waals surface area contributed by atoms with Gasteiger partial charge in [0, 0.05) is 11.8 Å². The lowest BCUT2D eigenvalue weighted by atomic mass is 10.4. The molecule has 0 saturated carbocycles. The second-order valence-corrected chi connectivity index (χ2v) is 1.97. The van der Waals surface area contributed by atoms with Gasteiger partial charge in [-0.2, -0.15) is 4.98 Å². The van der Waals surface area contributed by atoms with Crippen LogP contribution in [0, 0.1) is 13.8 Å². The van der Waals surface area contributed by atoms with E-state index in [1.807, 2.05) is 0 Å². The Morgan fingerprint density at radius 1 is 1.56 bits per heavy atom. The Bertz CT molecular complexity index is 264. The van der Waals surface area contributed by atoms with Crippen LogP contribution >= 0.6 is 0 Å². The maximum Gasteiger partial charge on any atom is 0.275 e. The van der Waals surface area contributed by atoms with Gasteiger partial charge in [0.05, 0.1) is 0 Å². The standard InChI is InChI=1S/C6H8N2O/c1-4-3-7-5(2)8-6(4)9/h3H,1-2H3,(H,7,8,9). The second-order valence-electron chi connectivity index (χ2n) is 1.97. The second kappa shape index (κ2) is 2.01. The maximum absolute atomic E-state index is 10.7. The highest BCUT2D eigenvalue weighted by Gasteiger charge is 1.90. The number of hydrogen-bond donors (Lipinski definition) is 1. The van der Waals surface area contributed by atoms with Crippen LogP contribution in [0.5, 0.6) is 0 Å². The molecule has 3 heteroatoms. The number of H-pyrrole nitrogens is 1.